The molecule has 3 aromatic rings. The Morgan fingerprint density at radius 3 is 2.57 bits per heavy atom. The number of ether oxygens (including phenoxy) is 1. The molecule has 0 amide bonds. The van der Waals surface area contributed by atoms with Gasteiger partial charge >= 0.3 is 6.36 Å². The predicted octanol–water partition coefficient (Wildman–Crippen LogP) is 5.21. The Morgan fingerprint density at radius 1 is 1.13 bits per heavy atom. The predicted molar refractivity (Wildman–Crippen MR) is 107 cm³/mol. The Morgan fingerprint density at radius 2 is 1.87 bits per heavy atom. The topological polar surface area (TPSA) is 44.1 Å². The van der Waals surface area contributed by atoms with E-state index in [4.69, 9.17) is 0 Å². The number of rotatable bonds is 5. The van der Waals surface area contributed by atoms with Crippen molar-refractivity contribution in [2.75, 3.05) is 5.75 Å². The smallest absolute Gasteiger partial charge is 0.406 e. The highest BCUT2D eigenvalue weighted by Gasteiger charge is 2.31. The van der Waals surface area contributed by atoms with Crippen molar-refractivity contribution in [2.45, 2.75) is 28.6 Å². The van der Waals surface area contributed by atoms with E-state index in [-0.39, 0.29) is 22.9 Å². The quantitative estimate of drug-likeness (QED) is 0.301. The minimum Gasteiger partial charge on any atom is -0.406 e. The first-order valence-corrected chi connectivity index (χ1v) is 10.8. The second-order valence-electron chi connectivity index (χ2n) is 6.33. The van der Waals surface area contributed by atoms with Crippen molar-refractivity contribution >= 4 is 23.5 Å². The van der Waals surface area contributed by atoms with Gasteiger partial charge in [-0.25, -0.2) is 9.37 Å². The molecule has 1 aliphatic heterocycles. The average Bonchev–Trinajstić information content (AvgIpc) is 3.16. The minimum absolute atomic E-state index is 0.250. The molecular formula is C20H14F4N2O2S2. The maximum absolute atomic E-state index is 14.0. The summed E-state index contributed by atoms with van der Waals surface area (Å²) in [5.74, 6) is 0.241. The lowest BCUT2D eigenvalue weighted by Crippen LogP contribution is -2.24. The van der Waals surface area contributed by atoms with E-state index < -0.39 is 6.36 Å². The molecule has 0 unspecified atom stereocenters. The molecule has 0 saturated carbocycles. The largest absolute Gasteiger partial charge is 0.573 e. The number of nitrogens with zero attached hydrogens (tertiary/aromatic N) is 2. The van der Waals surface area contributed by atoms with Crippen molar-refractivity contribution in [3.8, 4) is 11.4 Å². The summed E-state index contributed by atoms with van der Waals surface area (Å²) in [5.41, 5.74) is 1.22. The molecule has 0 fully saturated rings. The van der Waals surface area contributed by atoms with Crippen LogP contribution < -0.4 is 10.3 Å². The number of benzene rings is 2. The van der Waals surface area contributed by atoms with E-state index in [2.05, 4.69) is 9.72 Å². The van der Waals surface area contributed by atoms with Gasteiger partial charge in [0.25, 0.3) is 5.56 Å². The third-order valence-corrected chi connectivity index (χ3v) is 6.40. The van der Waals surface area contributed by atoms with Crippen LogP contribution in [0.3, 0.4) is 0 Å². The Balaban J connectivity index is 1.71. The average molecular weight is 454 g/mol. The van der Waals surface area contributed by atoms with Crippen molar-refractivity contribution in [3.63, 3.8) is 0 Å². The maximum Gasteiger partial charge on any atom is 0.573 e. The van der Waals surface area contributed by atoms with Crippen LogP contribution in [-0.4, -0.2) is 21.7 Å². The van der Waals surface area contributed by atoms with E-state index in [9.17, 15) is 22.4 Å². The summed E-state index contributed by atoms with van der Waals surface area (Å²) < 4.78 is 56.5. The molecule has 0 N–H and O–H groups in total. The summed E-state index contributed by atoms with van der Waals surface area (Å²) in [4.78, 5) is 18.2. The van der Waals surface area contributed by atoms with Crippen LogP contribution in [0.5, 0.6) is 5.75 Å². The van der Waals surface area contributed by atoms with E-state index in [1.54, 1.807) is 18.2 Å². The van der Waals surface area contributed by atoms with Crippen LogP contribution in [0.4, 0.5) is 17.6 Å². The van der Waals surface area contributed by atoms with Crippen molar-refractivity contribution in [3.05, 3.63) is 76.0 Å². The number of aryl methyl sites for hydroxylation is 1. The van der Waals surface area contributed by atoms with Gasteiger partial charge in [-0.05, 0) is 35.9 Å². The third-order valence-electron chi connectivity index (χ3n) is 4.31. The fourth-order valence-electron chi connectivity index (χ4n) is 2.97. The van der Waals surface area contributed by atoms with Crippen LogP contribution in [0.2, 0.25) is 0 Å². The number of aromatic nitrogens is 2. The van der Waals surface area contributed by atoms with E-state index in [1.807, 2.05) is 0 Å². The summed E-state index contributed by atoms with van der Waals surface area (Å²) in [7, 11) is 0. The first-order valence-electron chi connectivity index (χ1n) is 8.83. The number of alkyl halides is 3. The zero-order valence-electron chi connectivity index (χ0n) is 15.3. The minimum atomic E-state index is -4.80. The number of thioether (sulfide) groups is 2. The van der Waals surface area contributed by atoms with Crippen LogP contribution in [0.15, 0.2) is 63.4 Å². The van der Waals surface area contributed by atoms with Gasteiger partial charge in [-0.1, -0.05) is 30.0 Å². The van der Waals surface area contributed by atoms with E-state index in [0.29, 0.717) is 33.4 Å². The Bertz CT molecular complexity index is 1130. The molecule has 10 heteroatoms. The molecular weight excluding hydrogens is 440 g/mol. The summed E-state index contributed by atoms with van der Waals surface area (Å²) in [6, 6.07) is 11.3. The van der Waals surface area contributed by atoms with Gasteiger partial charge in [-0.2, -0.15) is 0 Å². The molecule has 1 aliphatic rings. The van der Waals surface area contributed by atoms with Gasteiger partial charge in [0.2, 0.25) is 0 Å². The summed E-state index contributed by atoms with van der Waals surface area (Å²) in [6.45, 7) is 0. The standard InChI is InChI=1S/C20H14F4N2O2S2/c21-15-4-2-1-3-12(15)11-30-19-25-16-9-10-29-17(16)18(27)26(19)13-5-7-14(8-6-13)28-20(22,23)24/h1-8H,9-11H2. The Kier molecular flexibility index (Phi) is 5.79. The lowest BCUT2D eigenvalue weighted by molar-refractivity contribution is -0.274. The van der Waals surface area contributed by atoms with Gasteiger partial charge in [0, 0.05) is 17.9 Å². The number of hydrogen-bond acceptors (Lipinski definition) is 5. The monoisotopic (exact) mass is 454 g/mol. The fourth-order valence-corrected chi connectivity index (χ4v) is 5.01. The Hall–Kier alpha value is -2.46. The summed E-state index contributed by atoms with van der Waals surface area (Å²) in [5, 5.41) is 0.356. The number of halogens is 4. The van der Waals surface area contributed by atoms with Crippen LogP contribution in [0.1, 0.15) is 11.3 Å². The Labute approximate surface area is 177 Å². The highest BCUT2D eigenvalue weighted by atomic mass is 32.2. The highest BCUT2D eigenvalue weighted by Crippen LogP contribution is 2.32. The molecule has 4 nitrogen and oxygen atoms in total. The van der Waals surface area contributed by atoms with Crippen molar-refractivity contribution in [2.24, 2.45) is 0 Å². The molecule has 1 aromatic heterocycles. The first kappa shape index (κ1) is 20.8. The molecule has 0 radical (unpaired) electrons. The molecule has 0 atom stereocenters. The van der Waals surface area contributed by atoms with Crippen LogP contribution in [-0.2, 0) is 12.2 Å². The van der Waals surface area contributed by atoms with Gasteiger partial charge < -0.3 is 4.74 Å². The summed E-state index contributed by atoms with van der Waals surface area (Å²) >= 11 is 2.60. The van der Waals surface area contributed by atoms with E-state index in [1.165, 1.54) is 46.3 Å². The maximum atomic E-state index is 14.0. The molecule has 156 valence electrons. The normalized spacial score (nSPS) is 13.3. The van der Waals surface area contributed by atoms with E-state index in [0.717, 1.165) is 17.9 Å². The van der Waals surface area contributed by atoms with Gasteiger partial charge in [0.1, 0.15) is 11.6 Å². The number of fused-ring (bicyclic) bond motifs is 1. The molecule has 30 heavy (non-hydrogen) atoms. The highest BCUT2D eigenvalue weighted by molar-refractivity contribution is 7.99. The van der Waals surface area contributed by atoms with Crippen molar-refractivity contribution in [1.82, 2.24) is 9.55 Å². The van der Waals surface area contributed by atoms with Gasteiger partial charge in [0.15, 0.2) is 5.16 Å². The molecule has 0 saturated heterocycles. The van der Waals surface area contributed by atoms with Crippen LogP contribution in [0.25, 0.3) is 5.69 Å². The molecule has 0 aliphatic carbocycles. The lowest BCUT2D eigenvalue weighted by atomic mass is 10.2. The number of hydrogen-bond donors (Lipinski definition) is 0. The zero-order chi connectivity index (χ0) is 21.3. The van der Waals surface area contributed by atoms with Crippen LogP contribution >= 0.6 is 23.5 Å². The molecule has 2 heterocycles. The van der Waals surface area contributed by atoms with Crippen LogP contribution in [0, 0.1) is 5.82 Å². The zero-order valence-corrected chi connectivity index (χ0v) is 16.9. The summed E-state index contributed by atoms with van der Waals surface area (Å²) in [6.07, 6.45) is -4.15. The van der Waals surface area contributed by atoms with Gasteiger partial charge in [0.05, 0.1) is 16.3 Å². The lowest BCUT2D eigenvalue weighted by Gasteiger charge is -2.15. The fraction of sp³-hybridized carbons (Fsp3) is 0.200. The molecule has 0 bridgehead atoms. The third kappa shape index (κ3) is 4.49. The van der Waals surface area contributed by atoms with E-state index >= 15 is 0 Å². The second kappa shape index (κ2) is 8.35. The molecule has 0 spiro atoms. The second-order valence-corrected chi connectivity index (χ2v) is 8.38. The SMILES string of the molecule is O=c1c2c(nc(SCc3ccccc3F)n1-c1ccc(OC(F)(F)F)cc1)CCS2. The first-order chi connectivity index (χ1) is 14.3. The van der Waals surface area contributed by atoms with Crippen molar-refractivity contribution < 1.29 is 22.3 Å². The van der Waals surface area contributed by atoms with Crippen molar-refractivity contribution in [1.29, 1.82) is 0 Å². The molecule has 4 rings (SSSR count). The molecule has 2 aromatic carbocycles. The van der Waals surface area contributed by atoms with Gasteiger partial charge in [-0.3, -0.25) is 9.36 Å². The van der Waals surface area contributed by atoms with Gasteiger partial charge in [-0.15, -0.1) is 24.9 Å².